The molecule has 1 fully saturated rings. The fourth-order valence-electron chi connectivity index (χ4n) is 4.58. The minimum absolute atomic E-state index is 0. The molecular weight excluding hydrogens is 589 g/mol. The maximum atomic E-state index is 13.2. The van der Waals surface area contributed by atoms with E-state index in [0.29, 0.717) is 30.2 Å². The number of nitrogens with one attached hydrogen (secondary N) is 1. The van der Waals surface area contributed by atoms with E-state index in [2.05, 4.69) is 29.0 Å². The number of fused-ring (bicyclic) bond motifs is 1. The average molecular weight is 629 g/mol. The molecule has 12 heteroatoms. The van der Waals surface area contributed by atoms with Crippen molar-refractivity contribution in [2.45, 2.75) is 44.4 Å². The third-order valence-electron chi connectivity index (χ3n) is 6.99. The molecule has 1 amide bonds. The number of piperazine rings is 1. The second-order valence-electron chi connectivity index (χ2n) is 9.80. The molecule has 3 aromatic rings. The number of hydrogen-bond donors (Lipinski definition) is 1. The number of sulfonamides is 1. The summed E-state index contributed by atoms with van der Waals surface area (Å²) in [5.41, 5.74) is 1.32. The van der Waals surface area contributed by atoms with Crippen LogP contribution in [0.4, 0.5) is 5.13 Å². The first-order chi connectivity index (χ1) is 18.8. The van der Waals surface area contributed by atoms with Gasteiger partial charge in [0.15, 0.2) is 5.13 Å². The summed E-state index contributed by atoms with van der Waals surface area (Å²) >= 11 is 7.95. The molecule has 220 valence electrons. The van der Waals surface area contributed by atoms with Gasteiger partial charge in [0.1, 0.15) is 5.52 Å². The molecule has 0 unspecified atom stereocenters. The molecule has 1 aromatic heterocycles. The highest BCUT2D eigenvalue weighted by atomic mass is 35.5. The molecule has 0 spiro atoms. The van der Waals surface area contributed by atoms with E-state index in [1.54, 1.807) is 39.9 Å². The highest BCUT2D eigenvalue weighted by molar-refractivity contribution is 7.89. The quantitative estimate of drug-likeness (QED) is 0.269. The average Bonchev–Trinajstić information content (AvgIpc) is 3.39. The van der Waals surface area contributed by atoms with E-state index in [0.717, 1.165) is 73.8 Å². The molecule has 0 bridgehead atoms. The van der Waals surface area contributed by atoms with Gasteiger partial charge in [-0.15, -0.1) is 12.4 Å². The van der Waals surface area contributed by atoms with Gasteiger partial charge >= 0.3 is 0 Å². The third-order valence-corrected chi connectivity index (χ3v) is 10.3. The van der Waals surface area contributed by atoms with Gasteiger partial charge in [-0.3, -0.25) is 9.69 Å². The summed E-state index contributed by atoms with van der Waals surface area (Å²) in [7, 11) is -3.57. The van der Waals surface area contributed by atoms with Crippen LogP contribution in [0.25, 0.3) is 10.2 Å². The number of hydrogen-bond acceptors (Lipinski definition) is 7. The van der Waals surface area contributed by atoms with Crippen molar-refractivity contribution in [2.24, 2.45) is 0 Å². The summed E-state index contributed by atoms with van der Waals surface area (Å²) in [6.07, 6.45) is 3.53. The number of anilines is 1. The van der Waals surface area contributed by atoms with E-state index in [-0.39, 0.29) is 23.2 Å². The van der Waals surface area contributed by atoms with Crippen LogP contribution in [0.15, 0.2) is 47.4 Å². The number of halogens is 2. The Kier molecular flexibility index (Phi) is 12.5. The molecule has 2 aromatic carbocycles. The van der Waals surface area contributed by atoms with Crippen LogP contribution < -0.4 is 10.2 Å². The van der Waals surface area contributed by atoms with Crippen molar-refractivity contribution in [2.75, 3.05) is 57.3 Å². The Morgan fingerprint density at radius 3 is 2.27 bits per heavy atom. The zero-order valence-electron chi connectivity index (χ0n) is 23.1. The Labute approximate surface area is 253 Å². The first-order valence-corrected chi connectivity index (χ1v) is 16.4. The molecule has 0 aliphatic carbocycles. The van der Waals surface area contributed by atoms with Crippen LogP contribution in [-0.2, 0) is 10.0 Å². The Balaban J connectivity index is 0.00000441. The molecule has 1 N–H and O–H groups in total. The largest absolute Gasteiger partial charge is 0.351 e. The van der Waals surface area contributed by atoms with Crippen molar-refractivity contribution in [3.63, 3.8) is 0 Å². The normalized spacial score (nSPS) is 14.4. The molecule has 0 radical (unpaired) electrons. The highest BCUT2D eigenvalue weighted by Gasteiger charge is 2.24. The van der Waals surface area contributed by atoms with Gasteiger partial charge in [-0.05, 0) is 49.2 Å². The third kappa shape index (κ3) is 8.08. The SMILES string of the molecule is CCCCN(CCCC)S(=O)(=O)c1ccc(C(=O)NCCN2CCN(c3nc4c(Cl)cccc4s3)CC2)cc1.Cl. The lowest BCUT2D eigenvalue weighted by atomic mass is 10.2. The van der Waals surface area contributed by atoms with Gasteiger partial charge < -0.3 is 10.2 Å². The number of thiazole rings is 1. The van der Waals surface area contributed by atoms with Gasteiger partial charge in [-0.1, -0.05) is 55.7 Å². The second kappa shape index (κ2) is 15.3. The molecule has 0 atom stereocenters. The molecule has 1 saturated heterocycles. The number of unbranched alkanes of at least 4 members (excludes halogenated alkanes) is 2. The van der Waals surface area contributed by atoms with Gasteiger partial charge in [-0.25, -0.2) is 13.4 Å². The Bertz CT molecular complexity index is 1340. The summed E-state index contributed by atoms with van der Waals surface area (Å²) in [4.78, 5) is 22.3. The van der Waals surface area contributed by atoms with Crippen LogP contribution in [0.5, 0.6) is 0 Å². The number of carbonyl (C=O) groups excluding carboxylic acids is 1. The monoisotopic (exact) mass is 627 g/mol. The van der Waals surface area contributed by atoms with Crippen molar-refractivity contribution in [1.29, 1.82) is 0 Å². The smallest absolute Gasteiger partial charge is 0.251 e. The topological polar surface area (TPSA) is 85.8 Å². The number of nitrogens with zero attached hydrogens (tertiary/aromatic N) is 4. The van der Waals surface area contributed by atoms with Crippen molar-refractivity contribution >= 4 is 66.6 Å². The number of rotatable bonds is 13. The second-order valence-corrected chi connectivity index (χ2v) is 13.2. The molecule has 1 aliphatic heterocycles. The van der Waals surface area contributed by atoms with Gasteiger partial charge in [0.2, 0.25) is 10.0 Å². The van der Waals surface area contributed by atoms with Crippen LogP contribution in [0.3, 0.4) is 0 Å². The maximum Gasteiger partial charge on any atom is 0.251 e. The van der Waals surface area contributed by atoms with Crippen LogP contribution in [-0.4, -0.2) is 80.9 Å². The van der Waals surface area contributed by atoms with Gasteiger partial charge in [0.25, 0.3) is 5.91 Å². The van der Waals surface area contributed by atoms with E-state index in [4.69, 9.17) is 16.6 Å². The number of amides is 1. The standard InChI is InChI=1S/C28H38ClN5O3S2.ClH/c1-3-5-15-34(16-6-4-2)39(36,37)23-12-10-22(11-13-23)27(35)30-14-17-32-18-20-33(21-19-32)28-31-26-24(29)8-7-9-25(26)38-28;/h7-13H,3-6,14-21H2,1-2H3,(H,30,35);1H. The van der Waals surface area contributed by atoms with Crippen molar-refractivity contribution in [1.82, 2.24) is 19.5 Å². The lowest BCUT2D eigenvalue weighted by Gasteiger charge is -2.34. The lowest BCUT2D eigenvalue weighted by Crippen LogP contribution is -2.48. The van der Waals surface area contributed by atoms with E-state index in [9.17, 15) is 13.2 Å². The summed E-state index contributed by atoms with van der Waals surface area (Å²) in [6.45, 7) is 9.94. The summed E-state index contributed by atoms with van der Waals surface area (Å²) in [5, 5.41) is 4.65. The summed E-state index contributed by atoms with van der Waals surface area (Å²) < 4.78 is 29.0. The molecule has 2 heterocycles. The summed E-state index contributed by atoms with van der Waals surface area (Å²) in [5.74, 6) is -0.197. The van der Waals surface area contributed by atoms with E-state index >= 15 is 0 Å². The number of para-hydroxylation sites is 1. The summed E-state index contributed by atoms with van der Waals surface area (Å²) in [6, 6.07) is 12.2. The highest BCUT2D eigenvalue weighted by Crippen LogP contribution is 2.33. The lowest BCUT2D eigenvalue weighted by molar-refractivity contribution is 0.0947. The van der Waals surface area contributed by atoms with Gasteiger partial charge in [0, 0.05) is 57.9 Å². The van der Waals surface area contributed by atoms with Crippen LogP contribution in [0.2, 0.25) is 5.02 Å². The molecule has 0 saturated carbocycles. The first kappa shape index (κ1) is 32.6. The number of aromatic nitrogens is 1. The van der Waals surface area contributed by atoms with E-state index < -0.39 is 10.0 Å². The predicted octanol–water partition coefficient (Wildman–Crippen LogP) is 5.51. The Morgan fingerprint density at radius 2 is 1.68 bits per heavy atom. The van der Waals surface area contributed by atoms with Gasteiger partial charge in [-0.2, -0.15) is 4.31 Å². The minimum atomic E-state index is -3.57. The fourth-order valence-corrected chi connectivity index (χ4v) is 7.41. The maximum absolute atomic E-state index is 13.2. The number of carbonyl (C=O) groups is 1. The van der Waals surface area contributed by atoms with E-state index in [1.807, 2.05) is 18.2 Å². The van der Waals surface area contributed by atoms with Crippen molar-refractivity contribution < 1.29 is 13.2 Å². The van der Waals surface area contributed by atoms with Crippen molar-refractivity contribution in [3.05, 3.63) is 53.1 Å². The zero-order chi connectivity index (χ0) is 27.8. The molecule has 4 rings (SSSR count). The Hall–Kier alpha value is -1.95. The van der Waals surface area contributed by atoms with Gasteiger partial charge in [0.05, 0.1) is 14.6 Å². The predicted molar refractivity (Wildman–Crippen MR) is 168 cm³/mol. The molecule has 8 nitrogen and oxygen atoms in total. The fraction of sp³-hybridized carbons (Fsp3) is 0.500. The van der Waals surface area contributed by atoms with Crippen LogP contribution >= 0.6 is 35.3 Å². The first-order valence-electron chi connectivity index (χ1n) is 13.7. The molecular formula is C28H39Cl2N5O3S2. The van der Waals surface area contributed by atoms with Crippen molar-refractivity contribution in [3.8, 4) is 0 Å². The van der Waals surface area contributed by atoms with E-state index in [1.165, 1.54) is 0 Å². The zero-order valence-corrected chi connectivity index (χ0v) is 26.3. The Morgan fingerprint density at radius 1 is 1.02 bits per heavy atom. The van der Waals surface area contributed by atoms with Crippen LogP contribution in [0.1, 0.15) is 49.9 Å². The van der Waals surface area contributed by atoms with Crippen LogP contribution in [0, 0.1) is 0 Å². The molecule has 1 aliphatic rings. The molecule has 40 heavy (non-hydrogen) atoms. The minimum Gasteiger partial charge on any atom is -0.351 e. The number of benzene rings is 2.